The van der Waals surface area contributed by atoms with Gasteiger partial charge in [0.2, 0.25) is 0 Å². The predicted octanol–water partition coefficient (Wildman–Crippen LogP) is 3.35. The van der Waals surface area contributed by atoms with Gasteiger partial charge < -0.3 is 20.7 Å². The zero-order valence-corrected chi connectivity index (χ0v) is 13.7. The van der Waals surface area contributed by atoms with Crippen LogP contribution in [0.3, 0.4) is 0 Å². The summed E-state index contributed by atoms with van der Waals surface area (Å²) in [7, 11) is 0. The van der Waals surface area contributed by atoms with Gasteiger partial charge in [0.05, 0.1) is 12.6 Å². The molecule has 5 nitrogen and oxygen atoms in total. The minimum Gasteiger partial charge on any atom is -0.387 e. The highest BCUT2D eigenvalue weighted by atomic mass is 35.5. The number of carbonyl (C=O) groups is 1. The van der Waals surface area contributed by atoms with E-state index in [9.17, 15) is 9.90 Å². The van der Waals surface area contributed by atoms with Gasteiger partial charge in [-0.2, -0.15) is 0 Å². The van der Waals surface area contributed by atoms with Crippen LogP contribution >= 0.6 is 11.6 Å². The second-order valence-electron chi connectivity index (χ2n) is 5.48. The molecule has 1 aromatic heterocycles. The standard InChI is InChI=1S/C18H18ClN3O2/c19-15-7-3-2-6-14(15)17(23)11-21-18(24)20-10-13-9-12-5-1-4-8-16(12)22-13/h1-9,17,22-23H,10-11H2,(H2,20,21,24). The monoisotopic (exact) mass is 343 g/mol. The van der Waals surface area contributed by atoms with E-state index in [1.807, 2.05) is 30.3 Å². The first-order valence-corrected chi connectivity index (χ1v) is 8.02. The number of fused-ring (bicyclic) bond motifs is 1. The minimum atomic E-state index is -0.850. The van der Waals surface area contributed by atoms with Crippen LogP contribution in [-0.2, 0) is 6.54 Å². The van der Waals surface area contributed by atoms with E-state index >= 15 is 0 Å². The summed E-state index contributed by atoms with van der Waals surface area (Å²) in [6.45, 7) is 0.463. The molecule has 2 amide bonds. The first-order chi connectivity index (χ1) is 11.6. The Labute approximate surface area is 144 Å². The molecule has 3 rings (SSSR count). The molecule has 0 aliphatic rings. The van der Waals surface area contributed by atoms with Gasteiger partial charge in [0.15, 0.2) is 0 Å². The van der Waals surface area contributed by atoms with Crippen LogP contribution < -0.4 is 10.6 Å². The lowest BCUT2D eigenvalue weighted by atomic mass is 10.1. The molecule has 1 atom stereocenters. The summed E-state index contributed by atoms with van der Waals surface area (Å²) < 4.78 is 0. The number of nitrogens with one attached hydrogen (secondary N) is 3. The Balaban J connectivity index is 1.50. The molecule has 3 aromatic rings. The first kappa shape index (κ1) is 16.4. The van der Waals surface area contributed by atoms with Gasteiger partial charge in [-0.05, 0) is 23.6 Å². The number of para-hydroxylation sites is 1. The number of hydrogen-bond donors (Lipinski definition) is 4. The van der Waals surface area contributed by atoms with Crippen molar-refractivity contribution in [2.24, 2.45) is 0 Å². The second kappa shape index (κ2) is 7.38. The number of aromatic nitrogens is 1. The van der Waals surface area contributed by atoms with E-state index in [1.54, 1.807) is 24.3 Å². The number of H-pyrrole nitrogens is 1. The first-order valence-electron chi connectivity index (χ1n) is 7.64. The van der Waals surface area contributed by atoms with Crippen LogP contribution in [0.25, 0.3) is 10.9 Å². The number of carbonyl (C=O) groups excluding carboxylic acids is 1. The van der Waals surface area contributed by atoms with E-state index in [4.69, 9.17) is 11.6 Å². The van der Waals surface area contributed by atoms with Gasteiger partial charge in [0, 0.05) is 28.3 Å². The third kappa shape index (κ3) is 3.88. The van der Waals surface area contributed by atoms with E-state index in [-0.39, 0.29) is 12.6 Å². The quantitative estimate of drug-likeness (QED) is 0.573. The molecule has 4 N–H and O–H groups in total. The lowest BCUT2D eigenvalue weighted by Crippen LogP contribution is -2.37. The average molecular weight is 344 g/mol. The molecule has 24 heavy (non-hydrogen) atoms. The molecular weight excluding hydrogens is 326 g/mol. The van der Waals surface area contributed by atoms with Crippen molar-refractivity contribution in [3.63, 3.8) is 0 Å². The molecule has 0 saturated heterocycles. The molecule has 0 aliphatic carbocycles. The summed E-state index contributed by atoms with van der Waals surface area (Å²) in [5.41, 5.74) is 2.54. The highest BCUT2D eigenvalue weighted by molar-refractivity contribution is 6.31. The lowest BCUT2D eigenvalue weighted by molar-refractivity contribution is 0.173. The van der Waals surface area contributed by atoms with Crippen LogP contribution in [0, 0.1) is 0 Å². The van der Waals surface area contributed by atoms with Crippen molar-refractivity contribution in [3.05, 3.63) is 70.9 Å². The minimum absolute atomic E-state index is 0.0856. The molecule has 0 saturated carbocycles. The maximum absolute atomic E-state index is 11.9. The Morgan fingerprint density at radius 2 is 1.88 bits per heavy atom. The van der Waals surface area contributed by atoms with Gasteiger partial charge in [-0.1, -0.05) is 48.0 Å². The maximum atomic E-state index is 11.9. The fourth-order valence-corrected chi connectivity index (χ4v) is 2.77. The van der Waals surface area contributed by atoms with Crippen molar-refractivity contribution in [1.82, 2.24) is 15.6 Å². The van der Waals surface area contributed by atoms with Crippen LogP contribution in [0.5, 0.6) is 0 Å². The van der Waals surface area contributed by atoms with Crippen LogP contribution in [0.2, 0.25) is 5.02 Å². The molecule has 0 fully saturated rings. The van der Waals surface area contributed by atoms with E-state index in [0.29, 0.717) is 17.1 Å². The molecule has 0 bridgehead atoms. The number of halogens is 1. The molecule has 124 valence electrons. The number of aliphatic hydroxyl groups is 1. The number of aliphatic hydroxyl groups excluding tert-OH is 1. The molecule has 1 heterocycles. The Bertz CT molecular complexity index is 814. The van der Waals surface area contributed by atoms with E-state index in [1.165, 1.54) is 0 Å². The average Bonchev–Trinajstić information content (AvgIpc) is 3.01. The van der Waals surface area contributed by atoms with Gasteiger partial charge in [0.1, 0.15) is 0 Å². The second-order valence-corrected chi connectivity index (χ2v) is 5.89. The van der Waals surface area contributed by atoms with Gasteiger partial charge in [-0.3, -0.25) is 0 Å². The van der Waals surface area contributed by atoms with Crippen LogP contribution in [0.15, 0.2) is 54.6 Å². The topological polar surface area (TPSA) is 77.2 Å². The molecule has 1 unspecified atom stereocenters. The Kier molecular flexibility index (Phi) is 5.03. The van der Waals surface area contributed by atoms with Gasteiger partial charge in [-0.25, -0.2) is 4.79 Å². The van der Waals surface area contributed by atoms with Gasteiger partial charge >= 0.3 is 6.03 Å². The van der Waals surface area contributed by atoms with Crippen molar-refractivity contribution in [3.8, 4) is 0 Å². The Hall–Kier alpha value is -2.50. The van der Waals surface area contributed by atoms with Crippen LogP contribution in [0.1, 0.15) is 17.4 Å². The SMILES string of the molecule is O=C(NCc1cc2ccccc2[nH]1)NCC(O)c1ccccc1Cl. The van der Waals surface area contributed by atoms with Crippen LogP contribution in [0.4, 0.5) is 4.79 Å². The smallest absolute Gasteiger partial charge is 0.315 e. The number of amides is 2. The third-order valence-electron chi connectivity index (χ3n) is 3.75. The summed E-state index contributed by atoms with van der Waals surface area (Å²) >= 11 is 6.02. The normalized spacial score (nSPS) is 12.1. The maximum Gasteiger partial charge on any atom is 0.315 e. The zero-order valence-electron chi connectivity index (χ0n) is 12.9. The van der Waals surface area contributed by atoms with E-state index in [2.05, 4.69) is 15.6 Å². The molecular formula is C18H18ClN3O2. The van der Waals surface area contributed by atoms with Crippen molar-refractivity contribution in [2.45, 2.75) is 12.6 Å². The predicted molar refractivity (Wildman–Crippen MR) is 94.9 cm³/mol. The molecule has 0 spiro atoms. The fourth-order valence-electron chi connectivity index (χ4n) is 2.51. The molecule has 0 radical (unpaired) electrons. The van der Waals surface area contributed by atoms with Gasteiger partial charge in [-0.15, -0.1) is 0 Å². The van der Waals surface area contributed by atoms with Gasteiger partial charge in [0.25, 0.3) is 0 Å². The van der Waals surface area contributed by atoms with E-state index < -0.39 is 6.10 Å². The number of aromatic amines is 1. The van der Waals surface area contributed by atoms with Crippen LogP contribution in [-0.4, -0.2) is 22.7 Å². The summed E-state index contributed by atoms with van der Waals surface area (Å²) in [5, 5.41) is 17.1. The fraction of sp³-hybridized carbons (Fsp3) is 0.167. The lowest BCUT2D eigenvalue weighted by Gasteiger charge is -2.14. The number of hydrogen-bond acceptors (Lipinski definition) is 2. The largest absolute Gasteiger partial charge is 0.387 e. The highest BCUT2D eigenvalue weighted by Gasteiger charge is 2.12. The highest BCUT2D eigenvalue weighted by Crippen LogP contribution is 2.21. The zero-order chi connectivity index (χ0) is 16.9. The molecule has 6 heteroatoms. The Morgan fingerprint density at radius 3 is 2.67 bits per heavy atom. The summed E-state index contributed by atoms with van der Waals surface area (Å²) in [5.74, 6) is 0. The van der Waals surface area contributed by atoms with E-state index in [0.717, 1.165) is 16.6 Å². The number of urea groups is 1. The Morgan fingerprint density at radius 1 is 1.12 bits per heavy atom. The summed E-state index contributed by atoms with van der Waals surface area (Å²) in [6.07, 6.45) is -0.850. The number of rotatable bonds is 5. The molecule has 2 aromatic carbocycles. The van der Waals surface area contributed by atoms with Crippen molar-refractivity contribution >= 4 is 28.5 Å². The van der Waals surface area contributed by atoms with Crippen molar-refractivity contribution < 1.29 is 9.90 Å². The summed E-state index contributed by atoms with van der Waals surface area (Å²) in [6, 6.07) is 16.6. The third-order valence-corrected chi connectivity index (χ3v) is 4.09. The molecule has 0 aliphatic heterocycles. The van der Waals surface area contributed by atoms with Crippen molar-refractivity contribution in [1.29, 1.82) is 0 Å². The summed E-state index contributed by atoms with van der Waals surface area (Å²) in [4.78, 5) is 15.1. The van der Waals surface area contributed by atoms with Crippen molar-refractivity contribution in [2.75, 3.05) is 6.54 Å². The number of benzene rings is 2.